The van der Waals surface area contributed by atoms with E-state index in [0.29, 0.717) is 12.3 Å². The molecule has 2 rings (SSSR count). The summed E-state index contributed by atoms with van der Waals surface area (Å²) in [6.45, 7) is 3.69. The summed E-state index contributed by atoms with van der Waals surface area (Å²) in [5.41, 5.74) is 2.41. The van der Waals surface area contributed by atoms with E-state index in [1.165, 1.54) is 28.8 Å². The van der Waals surface area contributed by atoms with Crippen molar-refractivity contribution in [3.63, 3.8) is 0 Å². The average Bonchev–Trinajstić information content (AvgIpc) is 3.10. The van der Waals surface area contributed by atoms with E-state index in [2.05, 4.69) is 17.2 Å². The Bertz CT molecular complexity index is 650. The van der Waals surface area contributed by atoms with Crippen LogP contribution in [0.3, 0.4) is 0 Å². The van der Waals surface area contributed by atoms with Crippen LogP contribution in [0.15, 0.2) is 32.5 Å². The third kappa shape index (κ3) is 4.13. The summed E-state index contributed by atoms with van der Waals surface area (Å²) >= 11 is 1.44. The van der Waals surface area contributed by atoms with E-state index in [4.69, 9.17) is 4.42 Å². The Kier molecular flexibility index (Phi) is 5.51. The quantitative estimate of drug-likeness (QED) is 0.750. The summed E-state index contributed by atoms with van der Waals surface area (Å²) in [5.74, 6) is 0.615. The summed E-state index contributed by atoms with van der Waals surface area (Å²) in [6, 6.07) is 3.18. The van der Waals surface area contributed by atoms with Gasteiger partial charge >= 0.3 is 0 Å². The van der Waals surface area contributed by atoms with Gasteiger partial charge in [0.05, 0.1) is 24.3 Å². The molecule has 0 unspecified atom stereocenters. The molecule has 0 aliphatic carbocycles. The monoisotopic (exact) mass is 329 g/mol. The Morgan fingerprint density at radius 2 is 2.24 bits per heavy atom. The lowest BCUT2D eigenvalue weighted by Crippen LogP contribution is -2.26. The molecule has 116 valence electrons. The molecule has 1 N–H and O–H groups in total. The van der Waals surface area contributed by atoms with Crippen LogP contribution in [-0.4, -0.2) is 31.3 Å². The lowest BCUT2D eigenvalue weighted by molar-refractivity contribution is 0.378. The molecule has 21 heavy (non-hydrogen) atoms. The SMILES string of the molecule is CCCNCc1ccc(S(=O)(=O)N(C)Cc2cscn2)o1. The molecule has 0 aliphatic heterocycles. The van der Waals surface area contributed by atoms with E-state index in [9.17, 15) is 8.42 Å². The van der Waals surface area contributed by atoms with Crippen molar-refractivity contribution in [2.45, 2.75) is 31.5 Å². The van der Waals surface area contributed by atoms with Gasteiger partial charge in [0.2, 0.25) is 5.09 Å². The number of nitrogens with one attached hydrogen (secondary N) is 1. The van der Waals surface area contributed by atoms with Gasteiger partial charge in [-0.25, -0.2) is 13.4 Å². The fraction of sp³-hybridized carbons (Fsp3) is 0.462. The van der Waals surface area contributed by atoms with Crippen LogP contribution in [0.1, 0.15) is 24.8 Å². The standard InChI is InChI=1S/C13H19N3O3S2/c1-3-6-14-7-12-4-5-13(19-12)21(17,18)16(2)8-11-9-20-10-15-11/h4-5,9-10,14H,3,6-8H2,1-2H3. The number of nitrogens with zero attached hydrogens (tertiary/aromatic N) is 2. The molecule has 8 heteroatoms. The second kappa shape index (κ2) is 7.17. The third-order valence-electron chi connectivity index (χ3n) is 2.90. The van der Waals surface area contributed by atoms with Crippen molar-refractivity contribution in [2.75, 3.05) is 13.6 Å². The molecular weight excluding hydrogens is 310 g/mol. The maximum atomic E-state index is 12.4. The second-order valence-electron chi connectivity index (χ2n) is 4.64. The Hall–Kier alpha value is -1.22. The molecule has 0 amide bonds. The number of rotatable bonds is 8. The third-order valence-corrected chi connectivity index (χ3v) is 5.21. The zero-order valence-electron chi connectivity index (χ0n) is 12.1. The first-order valence-corrected chi connectivity index (χ1v) is 9.05. The van der Waals surface area contributed by atoms with Gasteiger partial charge in [-0.15, -0.1) is 11.3 Å². The largest absolute Gasteiger partial charge is 0.447 e. The first kappa shape index (κ1) is 16.2. The van der Waals surface area contributed by atoms with Gasteiger partial charge in [0.1, 0.15) is 5.76 Å². The van der Waals surface area contributed by atoms with E-state index in [0.717, 1.165) is 18.7 Å². The Balaban J connectivity index is 2.04. The van der Waals surface area contributed by atoms with Crippen molar-refractivity contribution in [1.29, 1.82) is 0 Å². The Morgan fingerprint density at radius 1 is 1.43 bits per heavy atom. The van der Waals surface area contributed by atoms with Gasteiger partial charge in [0, 0.05) is 12.4 Å². The lowest BCUT2D eigenvalue weighted by atomic mass is 10.4. The summed E-state index contributed by atoms with van der Waals surface area (Å²) in [7, 11) is -2.10. The highest BCUT2D eigenvalue weighted by molar-refractivity contribution is 7.88. The van der Waals surface area contributed by atoms with Crippen molar-refractivity contribution in [1.82, 2.24) is 14.6 Å². The van der Waals surface area contributed by atoms with Gasteiger partial charge in [0.25, 0.3) is 10.0 Å². The predicted molar refractivity (Wildman–Crippen MR) is 81.5 cm³/mol. The van der Waals surface area contributed by atoms with Gasteiger partial charge < -0.3 is 9.73 Å². The maximum absolute atomic E-state index is 12.4. The van der Waals surface area contributed by atoms with Gasteiger partial charge in [0.15, 0.2) is 0 Å². The summed E-state index contributed by atoms with van der Waals surface area (Å²) in [6.07, 6.45) is 1.02. The van der Waals surface area contributed by atoms with E-state index in [-0.39, 0.29) is 11.6 Å². The van der Waals surface area contributed by atoms with Crippen LogP contribution in [-0.2, 0) is 23.1 Å². The highest BCUT2D eigenvalue weighted by atomic mass is 32.2. The fourth-order valence-corrected chi connectivity index (χ4v) is 3.37. The summed E-state index contributed by atoms with van der Waals surface area (Å²) < 4.78 is 31.4. The second-order valence-corrected chi connectivity index (χ2v) is 7.33. The van der Waals surface area contributed by atoms with E-state index in [1.807, 2.05) is 5.38 Å². The van der Waals surface area contributed by atoms with Gasteiger partial charge in [-0.05, 0) is 25.1 Å². The molecule has 0 aliphatic rings. The number of thiazole rings is 1. The highest BCUT2D eigenvalue weighted by Gasteiger charge is 2.25. The van der Waals surface area contributed by atoms with E-state index < -0.39 is 10.0 Å². The normalized spacial score (nSPS) is 12.1. The molecule has 2 heterocycles. The molecule has 0 atom stereocenters. The molecule has 0 saturated carbocycles. The maximum Gasteiger partial charge on any atom is 0.276 e. The summed E-state index contributed by atoms with van der Waals surface area (Å²) in [5, 5.41) is 4.96. The van der Waals surface area contributed by atoms with Crippen LogP contribution in [0.5, 0.6) is 0 Å². The molecule has 0 bridgehead atoms. The predicted octanol–water partition coefficient (Wildman–Crippen LogP) is 2.06. The fourth-order valence-electron chi connectivity index (χ4n) is 1.76. The molecular formula is C13H19N3O3S2. The van der Waals surface area contributed by atoms with Crippen LogP contribution in [0.25, 0.3) is 0 Å². The number of hydrogen-bond donors (Lipinski definition) is 1. The first-order chi connectivity index (χ1) is 10.0. The van der Waals surface area contributed by atoms with E-state index >= 15 is 0 Å². The first-order valence-electron chi connectivity index (χ1n) is 6.67. The average molecular weight is 329 g/mol. The lowest BCUT2D eigenvalue weighted by Gasteiger charge is -2.13. The molecule has 0 radical (unpaired) electrons. The minimum Gasteiger partial charge on any atom is -0.447 e. The smallest absolute Gasteiger partial charge is 0.276 e. The molecule has 0 aromatic carbocycles. The highest BCUT2D eigenvalue weighted by Crippen LogP contribution is 2.19. The minimum absolute atomic E-state index is 0.0338. The van der Waals surface area contributed by atoms with Crippen molar-refractivity contribution in [2.24, 2.45) is 0 Å². The summed E-state index contributed by atoms with van der Waals surface area (Å²) in [4.78, 5) is 4.09. The molecule has 6 nitrogen and oxygen atoms in total. The van der Waals surface area contributed by atoms with Gasteiger partial charge in [-0.1, -0.05) is 6.92 Å². The number of hydrogen-bond acceptors (Lipinski definition) is 6. The number of furan rings is 1. The van der Waals surface area contributed by atoms with Crippen molar-refractivity contribution in [3.05, 3.63) is 34.5 Å². The van der Waals surface area contributed by atoms with Crippen LogP contribution in [0.2, 0.25) is 0 Å². The van der Waals surface area contributed by atoms with Crippen LogP contribution < -0.4 is 5.32 Å². The van der Waals surface area contributed by atoms with E-state index in [1.54, 1.807) is 11.6 Å². The van der Waals surface area contributed by atoms with Crippen molar-refractivity contribution < 1.29 is 12.8 Å². The zero-order valence-corrected chi connectivity index (χ0v) is 13.7. The molecule has 2 aromatic heterocycles. The zero-order chi connectivity index (χ0) is 15.3. The molecule has 0 fully saturated rings. The molecule has 0 spiro atoms. The minimum atomic E-state index is -3.62. The van der Waals surface area contributed by atoms with Gasteiger partial charge in [-0.3, -0.25) is 0 Å². The van der Waals surface area contributed by atoms with Crippen LogP contribution >= 0.6 is 11.3 Å². The van der Waals surface area contributed by atoms with Crippen molar-refractivity contribution in [3.8, 4) is 0 Å². The molecule has 0 saturated heterocycles. The Labute approximate surface area is 128 Å². The topological polar surface area (TPSA) is 75.4 Å². The van der Waals surface area contributed by atoms with Gasteiger partial charge in [-0.2, -0.15) is 4.31 Å². The van der Waals surface area contributed by atoms with Crippen molar-refractivity contribution >= 4 is 21.4 Å². The Morgan fingerprint density at radius 3 is 2.90 bits per heavy atom. The number of aromatic nitrogens is 1. The molecule has 2 aromatic rings. The number of sulfonamides is 1. The van der Waals surface area contributed by atoms with Crippen LogP contribution in [0.4, 0.5) is 0 Å². The van der Waals surface area contributed by atoms with Crippen LogP contribution in [0, 0.1) is 0 Å².